The first-order valence-corrected chi connectivity index (χ1v) is 7.37. The van der Waals surface area contributed by atoms with Crippen molar-refractivity contribution in [2.45, 2.75) is 25.8 Å². The fraction of sp³-hybridized carbons (Fsp3) is 0.400. The maximum absolute atomic E-state index is 6.31. The van der Waals surface area contributed by atoms with Crippen molar-refractivity contribution in [2.75, 3.05) is 6.61 Å². The van der Waals surface area contributed by atoms with Gasteiger partial charge >= 0.3 is 0 Å². The summed E-state index contributed by atoms with van der Waals surface area (Å²) in [4.78, 5) is 0. The summed E-state index contributed by atoms with van der Waals surface area (Å²) in [6.07, 6.45) is 1.65. The van der Waals surface area contributed by atoms with E-state index in [0.717, 1.165) is 35.6 Å². The zero-order valence-electron chi connectivity index (χ0n) is 12.2. The molecule has 0 bridgehead atoms. The Kier molecular flexibility index (Phi) is 3.89. The van der Waals surface area contributed by atoms with Crippen molar-refractivity contribution in [3.05, 3.63) is 45.7 Å². The summed E-state index contributed by atoms with van der Waals surface area (Å²) in [5, 5.41) is 5.01. The molecule has 21 heavy (non-hydrogen) atoms. The molecular formula is C15H19ClN4O. The largest absolute Gasteiger partial charge is 0.493 e. The Labute approximate surface area is 129 Å². The SMILES string of the molecule is Cc1nn(C)c(Cl)c1CC(NN)c1ccc2c(c1)CCO2. The van der Waals surface area contributed by atoms with E-state index in [4.69, 9.17) is 22.2 Å². The van der Waals surface area contributed by atoms with Gasteiger partial charge in [0.05, 0.1) is 18.3 Å². The summed E-state index contributed by atoms with van der Waals surface area (Å²) in [5.41, 5.74) is 7.23. The molecule has 1 unspecified atom stereocenters. The molecule has 0 amide bonds. The van der Waals surface area contributed by atoms with Gasteiger partial charge in [-0.3, -0.25) is 16.0 Å². The van der Waals surface area contributed by atoms with Crippen molar-refractivity contribution in [1.82, 2.24) is 15.2 Å². The third-order valence-corrected chi connectivity index (χ3v) is 4.47. The maximum Gasteiger partial charge on any atom is 0.130 e. The smallest absolute Gasteiger partial charge is 0.130 e. The normalized spacial score (nSPS) is 14.9. The van der Waals surface area contributed by atoms with Crippen molar-refractivity contribution in [1.29, 1.82) is 0 Å². The lowest BCUT2D eigenvalue weighted by atomic mass is 9.97. The summed E-state index contributed by atoms with van der Waals surface area (Å²) >= 11 is 6.31. The van der Waals surface area contributed by atoms with Crippen LogP contribution in [-0.4, -0.2) is 16.4 Å². The highest BCUT2D eigenvalue weighted by atomic mass is 35.5. The van der Waals surface area contributed by atoms with Gasteiger partial charge in [-0.25, -0.2) is 0 Å². The van der Waals surface area contributed by atoms with Crippen LogP contribution in [0.5, 0.6) is 5.75 Å². The number of rotatable bonds is 4. The van der Waals surface area contributed by atoms with E-state index in [1.54, 1.807) is 4.68 Å². The highest BCUT2D eigenvalue weighted by Crippen LogP contribution is 2.30. The lowest BCUT2D eigenvalue weighted by Gasteiger charge is -2.17. The zero-order chi connectivity index (χ0) is 15.0. The van der Waals surface area contributed by atoms with Crippen LogP contribution >= 0.6 is 11.6 Å². The first-order chi connectivity index (χ1) is 10.1. The summed E-state index contributed by atoms with van der Waals surface area (Å²) in [7, 11) is 1.84. The second-order valence-corrected chi connectivity index (χ2v) is 5.73. The van der Waals surface area contributed by atoms with E-state index < -0.39 is 0 Å². The van der Waals surface area contributed by atoms with Crippen LogP contribution in [0.15, 0.2) is 18.2 Å². The van der Waals surface area contributed by atoms with Crippen LogP contribution in [-0.2, 0) is 19.9 Å². The molecule has 3 N–H and O–H groups in total. The molecule has 1 aromatic heterocycles. The summed E-state index contributed by atoms with van der Waals surface area (Å²) in [6, 6.07) is 6.22. The van der Waals surface area contributed by atoms with E-state index >= 15 is 0 Å². The van der Waals surface area contributed by atoms with Crippen LogP contribution in [0.25, 0.3) is 0 Å². The number of fused-ring (bicyclic) bond motifs is 1. The summed E-state index contributed by atoms with van der Waals surface area (Å²) in [5.74, 6) is 6.73. The number of nitrogens with zero attached hydrogens (tertiary/aromatic N) is 2. The number of aromatic nitrogens is 2. The number of nitrogens with two attached hydrogens (primary N) is 1. The van der Waals surface area contributed by atoms with E-state index in [9.17, 15) is 0 Å². The Morgan fingerprint density at radius 2 is 2.33 bits per heavy atom. The summed E-state index contributed by atoms with van der Waals surface area (Å²) in [6.45, 7) is 2.72. The topological polar surface area (TPSA) is 65.1 Å². The molecule has 1 aromatic carbocycles. The lowest BCUT2D eigenvalue weighted by molar-refractivity contribution is 0.356. The average Bonchev–Trinajstić information content (AvgIpc) is 3.03. The van der Waals surface area contributed by atoms with Gasteiger partial charge in [-0.2, -0.15) is 5.10 Å². The number of ether oxygens (including phenoxy) is 1. The lowest BCUT2D eigenvalue weighted by Crippen LogP contribution is -2.29. The molecule has 0 aliphatic carbocycles. The van der Waals surface area contributed by atoms with Gasteiger partial charge in [0.1, 0.15) is 10.9 Å². The first kappa shape index (κ1) is 14.4. The molecule has 0 radical (unpaired) electrons. The van der Waals surface area contributed by atoms with Crippen LogP contribution < -0.4 is 16.0 Å². The average molecular weight is 307 g/mol. The number of benzene rings is 1. The minimum Gasteiger partial charge on any atom is -0.493 e. The van der Waals surface area contributed by atoms with Crippen molar-refractivity contribution < 1.29 is 4.74 Å². The van der Waals surface area contributed by atoms with Gasteiger partial charge in [-0.1, -0.05) is 23.7 Å². The molecule has 0 spiro atoms. The van der Waals surface area contributed by atoms with Gasteiger partial charge < -0.3 is 4.74 Å². The standard InChI is InChI=1S/C15H19ClN4O/c1-9-12(15(16)20(2)19-9)8-13(18-17)10-3-4-14-11(7-10)5-6-21-14/h3-4,7,13,18H,5-6,8,17H2,1-2H3. The number of hydrazine groups is 1. The monoisotopic (exact) mass is 306 g/mol. The molecule has 0 fully saturated rings. The first-order valence-electron chi connectivity index (χ1n) is 7.00. The van der Waals surface area contributed by atoms with E-state index in [2.05, 4.69) is 16.6 Å². The van der Waals surface area contributed by atoms with Gasteiger partial charge in [0, 0.05) is 19.0 Å². The zero-order valence-corrected chi connectivity index (χ0v) is 12.9. The molecule has 1 aliphatic heterocycles. The Balaban J connectivity index is 1.88. The minimum atomic E-state index is -0.00343. The van der Waals surface area contributed by atoms with Gasteiger partial charge in [-0.05, 0) is 30.5 Å². The Bertz CT molecular complexity index is 668. The van der Waals surface area contributed by atoms with E-state index in [1.807, 2.05) is 26.1 Å². The third-order valence-electron chi connectivity index (χ3n) is 4.00. The predicted molar refractivity (Wildman–Crippen MR) is 82.4 cm³/mol. The number of aryl methyl sites for hydroxylation is 2. The van der Waals surface area contributed by atoms with Crippen molar-refractivity contribution >= 4 is 11.6 Å². The van der Waals surface area contributed by atoms with Crippen molar-refractivity contribution in [2.24, 2.45) is 12.9 Å². The number of hydrogen-bond donors (Lipinski definition) is 2. The van der Waals surface area contributed by atoms with Crippen LogP contribution in [0.2, 0.25) is 5.15 Å². The molecule has 1 atom stereocenters. The van der Waals surface area contributed by atoms with Crippen LogP contribution in [0.3, 0.4) is 0 Å². The quantitative estimate of drug-likeness (QED) is 0.670. The Hall–Kier alpha value is -1.56. The van der Waals surface area contributed by atoms with Crippen LogP contribution in [0.1, 0.15) is 28.4 Å². The third kappa shape index (κ3) is 2.64. The van der Waals surface area contributed by atoms with Crippen molar-refractivity contribution in [3.63, 3.8) is 0 Å². The van der Waals surface area contributed by atoms with Crippen LogP contribution in [0, 0.1) is 6.92 Å². The van der Waals surface area contributed by atoms with Crippen LogP contribution in [0.4, 0.5) is 0 Å². The maximum atomic E-state index is 6.31. The number of halogens is 1. The van der Waals surface area contributed by atoms with Crippen molar-refractivity contribution in [3.8, 4) is 5.75 Å². The number of nitrogens with one attached hydrogen (secondary N) is 1. The minimum absolute atomic E-state index is 0.00343. The second kappa shape index (κ2) is 5.67. The Morgan fingerprint density at radius 1 is 1.52 bits per heavy atom. The molecule has 112 valence electrons. The molecule has 6 heteroatoms. The van der Waals surface area contributed by atoms with Gasteiger partial charge in [0.25, 0.3) is 0 Å². The molecular weight excluding hydrogens is 288 g/mol. The Morgan fingerprint density at radius 3 is 3.00 bits per heavy atom. The molecule has 5 nitrogen and oxygen atoms in total. The van der Waals surface area contributed by atoms with Gasteiger partial charge in [-0.15, -0.1) is 0 Å². The van der Waals surface area contributed by atoms with E-state index in [-0.39, 0.29) is 6.04 Å². The molecule has 2 heterocycles. The molecule has 2 aromatic rings. The van der Waals surface area contributed by atoms with E-state index in [0.29, 0.717) is 11.6 Å². The number of hydrogen-bond acceptors (Lipinski definition) is 4. The van der Waals surface area contributed by atoms with Gasteiger partial charge in [0.2, 0.25) is 0 Å². The van der Waals surface area contributed by atoms with Gasteiger partial charge in [0.15, 0.2) is 0 Å². The fourth-order valence-corrected chi connectivity index (χ4v) is 3.06. The highest BCUT2D eigenvalue weighted by molar-refractivity contribution is 6.30. The highest BCUT2D eigenvalue weighted by Gasteiger charge is 2.20. The predicted octanol–water partition coefficient (Wildman–Crippen LogP) is 2.06. The molecule has 3 rings (SSSR count). The molecule has 1 aliphatic rings. The summed E-state index contributed by atoms with van der Waals surface area (Å²) < 4.78 is 7.23. The fourth-order valence-electron chi connectivity index (χ4n) is 2.81. The molecule has 0 saturated heterocycles. The van der Waals surface area contributed by atoms with E-state index in [1.165, 1.54) is 5.56 Å². The molecule has 0 saturated carbocycles. The second-order valence-electron chi connectivity index (χ2n) is 5.37.